The molecule has 0 aliphatic heterocycles. The molecule has 1 heterocycles. The van der Waals surface area contributed by atoms with Crippen molar-refractivity contribution in [3.8, 4) is 0 Å². The zero-order valence-electron chi connectivity index (χ0n) is 9.31. The maximum Gasteiger partial charge on any atom is 0.152 e. The van der Waals surface area contributed by atoms with E-state index in [-0.39, 0.29) is 0 Å². The maximum absolute atomic E-state index is 11.3. The summed E-state index contributed by atoms with van der Waals surface area (Å²) in [4.78, 5) is 2.07. The zero-order valence-corrected chi connectivity index (χ0v) is 10.9. The summed E-state index contributed by atoms with van der Waals surface area (Å²) in [6.07, 6.45) is 0.222. The van der Waals surface area contributed by atoms with Crippen LogP contribution in [0, 0.1) is 13.8 Å². The molecule has 1 rings (SSSR count). The SMILES string of the molecule is Cc1cc(C(O)C(C)S(C)(=O)=O)c(C)s1. The fraction of sp³-hybridized carbons (Fsp3) is 0.600. The molecule has 1 aromatic rings. The summed E-state index contributed by atoms with van der Waals surface area (Å²) in [5.74, 6) is 0. The average molecular weight is 248 g/mol. The van der Waals surface area contributed by atoms with Crippen molar-refractivity contribution in [1.29, 1.82) is 0 Å². The normalized spacial score (nSPS) is 16.3. The lowest BCUT2D eigenvalue weighted by Gasteiger charge is -2.16. The number of thiophene rings is 1. The average Bonchev–Trinajstić information content (AvgIpc) is 2.41. The van der Waals surface area contributed by atoms with Gasteiger partial charge in [0, 0.05) is 16.0 Å². The molecule has 0 aromatic carbocycles. The minimum atomic E-state index is -3.20. The second-order valence-corrected chi connectivity index (χ2v) is 7.71. The molecule has 0 saturated carbocycles. The molecule has 0 bridgehead atoms. The number of hydrogen-bond donors (Lipinski definition) is 1. The summed E-state index contributed by atoms with van der Waals surface area (Å²) in [7, 11) is -3.20. The molecule has 3 nitrogen and oxygen atoms in total. The molecule has 2 atom stereocenters. The summed E-state index contributed by atoms with van der Waals surface area (Å²) in [5, 5.41) is 9.19. The first-order valence-electron chi connectivity index (χ1n) is 4.67. The Balaban J connectivity index is 3.05. The Labute approximate surface area is 94.7 Å². The first-order valence-corrected chi connectivity index (χ1v) is 7.44. The number of aliphatic hydroxyl groups excluding tert-OH is 1. The lowest BCUT2D eigenvalue weighted by molar-refractivity contribution is 0.176. The van der Waals surface area contributed by atoms with Crippen LogP contribution < -0.4 is 0 Å². The summed E-state index contributed by atoms with van der Waals surface area (Å²) < 4.78 is 22.6. The summed E-state index contributed by atoms with van der Waals surface area (Å²) in [6, 6.07) is 1.85. The Kier molecular flexibility index (Phi) is 3.58. The van der Waals surface area contributed by atoms with Gasteiger partial charge in [-0.15, -0.1) is 11.3 Å². The minimum Gasteiger partial charge on any atom is -0.387 e. The van der Waals surface area contributed by atoms with Gasteiger partial charge in [0.1, 0.15) is 0 Å². The fourth-order valence-electron chi connectivity index (χ4n) is 1.43. The van der Waals surface area contributed by atoms with Crippen LogP contribution in [0.4, 0.5) is 0 Å². The van der Waals surface area contributed by atoms with Crippen molar-refractivity contribution in [2.45, 2.75) is 32.1 Å². The van der Waals surface area contributed by atoms with Crippen LogP contribution in [0.2, 0.25) is 0 Å². The van der Waals surface area contributed by atoms with E-state index in [1.165, 1.54) is 6.92 Å². The number of aryl methyl sites for hydroxylation is 2. The maximum atomic E-state index is 11.3. The Morgan fingerprint density at radius 1 is 1.40 bits per heavy atom. The quantitative estimate of drug-likeness (QED) is 0.888. The number of hydrogen-bond acceptors (Lipinski definition) is 4. The van der Waals surface area contributed by atoms with Gasteiger partial charge < -0.3 is 5.11 Å². The largest absolute Gasteiger partial charge is 0.387 e. The first kappa shape index (κ1) is 12.7. The monoisotopic (exact) mass is 248 g/mol. The van der Waals surface area contributed by atoms with Crippen molar-refractivity contribution < 1.29 is 13.5 Å². The van der Waals surface area contributed by atoms with E-state index in [2.05, 4.69) is 0 Å². The highest BCUT2D eigenvalue weighted by Gasteiger charge is 2.27. The van der Waals surface area contributed by atoms with Gasteiger partial charge in [-0.05, 0) is 32.4 Å². The van der Waals surface area contributed by atoms with Crippen LogP contribution in [-0.2, 0) is 9.84 Å². The van der Waals surface area contributed by atoms with Crippen LogP contribution in [0.25, 0.3) is 0 Å². The van der Waals surface area contributed by atoms with Gasteiger partial charge in [0.15, 0.2) is 9.84 Å². The number of sulfone groups is 1. The van der Waals surface area contributed by atoms with Gasteiger partial charge in [-0.25, -0.2) is 8.42 Å². The Bertz CT molecular complexity index is 445. The van der Waals surface area contributed by atoms with E-state index in [1.54, 1.807) is 11.3 Å². The standard InChI is InChI=1S/C10H16O3S2/c1-6-5-9(7(2)14-6)10(11)8(3)15(4,12)13/h5,8,10-11H,1-4H3. The summed E-state index contributed by atoms with van der Waals surface area (Å²) in [5.41, 5.74) is 0.732. The third-order valence-corrected chi connectivity index (χ3v) is 5.11. The van der Waals surface area contributed by atoms with Crippen LogP contribution in [0.3, 0.4) is 0 Å². The Hall–Kier alpha value is -0.390. The number of rotatable bonds is 3. The van der Waals surface area contributed by atoms with Crippen molar-refractivity contribution in [3.05, 3.63) is 21.4 Å². The smallest absolute Gasteiger partial charge is 0.152 e. The van der Waals surface area contributed by atoms with Crippen molar-refractivity contribution in [3.63, 3.8) is 0 Å². The third kappa shape index (κ3) is 2.80. The van der Waals surface area contributed by atoms with Crippen LogP contribution in [0.5, 0.6) is 0 Å². The minimum absolute atomic E-state index is 0.732. The van der Waals surface area contributed by atoms with E-state index < -0.39 is 21.2 Å². The van der Waals surface area contributed by atoms with Crippen molar-refractivity contribution in [2.75, 3.05) is 6.26 Å². The van der Waals surface area contributed by atoms with E-state index in [4.69, 9.17) is 0 Å². The molecule has 0 radical (unpaired) electrons. The van der Waals surface area contributed by atoms with Gasteiger partial charge in [0.05, 0.1) is 11.4 Å². The molecule has 0 aliphatic rings. The molecule has 5 heteroatoms. The van der Waals surface area contributed by atoms with Crippen molar-refractivity contribution >= 4 is 21.2 Å². The second-order valence-electron chi connectivity index (χ2n) is 3.85. The van der Waals surface area contributed by atoms with E-state index in [9.17, 15) is 13.5 Å². The van der Waals surface area contributed by atoms with Gasteiger partial charge in [0.25, 0.3) is 0 Å². The van der Waals surface area contributed by atoms with Gasteiger partial charge in [0.2, 0.25) is 0 Å². The predicted molar refractivity (Wildman–Crippen MR) is 63.1 cm³/mol. The van der Waals surface area contributed by atoms with E-state index in [0.717, 1.165) is 21.6 Å². The summed E-state index contributed by atoms with van der Waals surface area (Å²) >= 11 is 1.57. The van der Waals surface area contributed by atoms with Crippen LogP contribution in [0.1, 0.15) is 28.3 Å². The predicted octanol–water partition coefficient (Wildman–Crippen LogP) is 1.83. The molecule has 2 unspecified atom stereocenters. The van der Waals surface area contributed by atoms with Crippen LogP contribution in [-0.4, -0.2) is 25.0 Å². The molecule has 0 fully saturated rings. The van der Waals surface area contributed by atoms with Gasteiger partial charge in [-0.1, -0.05) is 0 Å². The fourth-order valence-corrected chi connectivity index (χ4v) is 3.01. The second kappa shape index (κ2) is 4.23. The molecule has 86 valence electrons. The third-order valence-electron chi connectivity index (χ3n) is 2.52. The molecule has 0 spiro atoms. The molecular weight excluding hydrogens is 232 g/mol. The lowest BCUT2D eigenvalue weighted by atomic mass is 10.1. The van der Waals surface area contributed by atoms with Crippen molar-refractivity contribution in [1.82, 2.24) is 0 Å². The Morgan fingerprint density at radius 2 is 1.93 bits per heavy atom. The van der Waals surface area contributed by atoms with Crippen LogP contribution >= 0.6 is 11.3 Å². The lowest BCUT2D eigenvalue weighted by Crippen LogP contribution is -2.24. The highest BCUT2D eigenvalue weighted by atomic mass is 32.2. The first-order chi connectivity index (χ1) is 6.73. The van der Waals surface area contributed by atoms with Gasteiger partial charge >= 0.3 is 0 Å². The topological polar surface area (TPSA) is 54.4 Å². The van der Waals surface area contributed by atoms with Crippen molar-refractivity contribution in [2.24, 2.45) is 0 Å². The number of aliphatic hydroxyl groups is 1. The van der Waals surface area contributed by atoms with E-state index >= 15 is 0 Å². The van der Waals surface area contributed by atoms with Gasteiger partial charge in [-0.2, -0.15) is 0 Å². The molecule has 0 saturated heterocycles. The van der Waals surface area contributed by atoms with Crippen LogP contribution in [0.15, 0.2) is 6.07 Å². The molecule has 0 amide bonds. The van der Waals surface area contributed by atoms with Gasteiger partial charge in [-0.3, -0.25) is 0 Å². The highest BCUT2D eigenvalue weighted by molar-refractivity contribution is 7.91. The van der Waals surface area contributed by atoms with E-state index in [1.807, 2.05) is 19.9 Å². The zero-order chi connectivity index (χ0) is 11.8. The molecule has 0 aliphatic carbocycles. The molecule has 1 aromatic heterocycles. The molecular formula is C10H16O3S2. The molecule has 15 heavy (non-hydrogen) atoms. The van der Waals surface area contributed by atoms with E-state index in [0.29, 0.717) is 0 Å². The molecule has 1 N–H and O–H groups in total. The summed E-state index contributed by atoms with van der Waals surface area (Å²) in [6.45, 7) is 5.37. The highest BCUT2D eigenvalue weighted by Crippen LogP contribution is 2.30. The Morgan fingerprint density at radius 3 is 2.27 bits per heavy atom.